The molecular formula is C42H65F2N6O5P. The average Bonchev–Trinajstić information content (AvgIpc) is 3.58. The molecule has 0 saturated heterocycles. The van der Waals surface area contributed by atoms with Gasteiger partial charge in [0.2, 0.25) is 0 Å². The van der Waals surface area contributed by atoms with Crippen molar-refractivity contribution in [2.24, 2.45) is 0 Å². The van der Waals surface area contributed by atoms with Gasteiger partial charge >= 0.3 is 12.0 Å². The molecule has 2 aromatic rings. The van der Waals surface area contributed by atoms with Gasteiger partial charge in [-0.3, -0.25) is 9.36 Å². The predicted molar refractivity (Wildman–Crippen MR) is 221 cm³/mol. The fourth-order valence-electron chi connectivity index (χ4n) is 6.38. The molecular weight excluding hydrogens is 737 g/mol. The molecule has 0 radical (unpaired) electrons. The summed E-state index contributed by atoms with van der Waals surface area (Å²) in [5.41, 5.74) is 5.29. The molecule has 0 aliphatic rings. The zero-order valence-corrected chi connectivity index (χ0v) is 34.9. The number of rotatable bonds is 32. The molecule has 0 aliphatic heterocycles. The fraction of sp³-hybridized carbons (Fsp3) is 0.667. The lowest BCUT2D eigenvalue weighted by Crippen LogP contribution is -2.38. The number of nitrogens with zero attached hydrogens (tertiary/aromatic N) is 4. The summed E-state index contributed by atoms with van der Waals surface area (Å²) in [6, 6.07) is -1.09. The number of carbonyl (C=O) groups excluding carboxylic acids is 1. The number of imidazole rings is 1. The van der Waals surface area contributed by atoms with Gasteiger partial charge in [0.25, 0.3) is 8.18 Å². The van der Waals surface area contributed by atoms with Gasteiger partial charge in [0.05, 0.1) is 19.5 Å². The zero-order chi connectivity index (χ0) is 41.0. The van der Waals surface area contributed by atoms with Crippen LogP contribution in [-0.2, 0) is 29.9 Å². The Hall–Kier alpha value is -3.61. The van der Waals surface area contributed by atoms with Crippen LogP contribution in [0, 0.1) is 30.8 Å². The number of anilines is 1. The summed E-state index contributed by atoms with van der Waals surface area (Å²) in [5, 5.41) is 2.71. The molecule has 2 aromatic heterocycles. The highest BCUT2D eigenvalue weighted by Gasteiger charge is 2.30. The number of halogens is 2. The van der Waals surface area contributed by atoms with Crippen molar-refractivity contribution in [2.45, 2.75) is 160 Å². The van der Waals surface area contributed by atoms with E-state index in [1.165, 1.54) is 114 Å². The highest BCUT2D eigenvalue weighted by atomic mass is 31.1. The first-order valence-corrected chi connectivity index (χ1v) is 21.6. The molecule has 312 valence electrons. The van der Waals surface area contributed by atoms with Gasteiger partial charge in [0, 0.05) is 26.2 Å². The van der Waals surface area contributed by atoms with Crippen LogP contribution in [0.2, 0.25) is 0 Å². The minimum Gasteiger partial charge on any atom is -0.465 e. The standard InChI is InChI=1S/C42H65F2N6O5P/c1-6-9-10-11-12-13-14-15-16-17-18-19-20-21-22-23-24-25-29-54-40(51)36(31-34(4)30-35(43)26-7-2)49-56(52)55-32-42(8-3,53-5)27-28-50-33-46-37-38(45)47-41(44)48-39(37)50/h2-3,26,30,33,36,56H,6,9-25,27-29,31-32H2,1,4-5H3,(H,49,52)(H2,45,47,48)/b34-30+,35-26+/t36-,42-/m0/s1. The van der Waals surface area contributed by atoms with E-state index in [9.17, 15) is 18.1 Å². The Morgan fingerprint density at radius 1 is 1.00 bits per heavy atom. The summed E-state index contributed by atoms with van der Waals surface area (Å²) in [6.45, 7) is 3.96. The monoisotopic (exact) mass is 802 g/mol. The SMILES string of the molecule is C#C/C=C(F)\C=C(/C)C[C@H](N[PH](=O)OC[C@](C#C)(CCn1cnc2c(N)nc(F)nc21)OC)C(=O)OCCCCCCCCCCCCCCCCCCCC. The fourth-order valence-corrected chi connectivity index (χ4v) is 7.34. The molecule has 0 saturated carbocycles. The van der Waals surface area contributed by atoms with Gasteiger partial charge in [-0.15, -0.1) is 12.8 Å². The number of esters is 1. The molecule has 56 heavy (non-hydrogen) atoms. The molecule has 0 amide bonds. The van der Waals surface area contributed by atoms with Gasteiger partial charge in [-0.25, -0.2) is 14.5 Å². The lowest BCUT2D eigenvalue weighted by Gasteiger charge is -2.27. The number of allylic oxidation sites excluding steroid dienone is 3. The van der Waals surface area contributed by atoms with Crippen LogP contribution in [-0.4, -0.2) is 57.5 Å². The molecule has 3 N–H and O–H groups in total. The number of fused-ring (bicyclic) bond motifs is 1. The maximum absolute atomic E-state index is 14.1. The Morgan fingerprint density at radius 3 is 2.11 bits per heavy atom. The summed E-state index contributed by atoms with van der Waals surface area (Å²) in [4.78, 5) is 24.6. The molecule has 2 rings (SSSR count). The number of hydrogen-bond acceptors (Lipinski definition) is 9. The minimum atomic E-state index is -3.10. The molecule has 0 aromatic carbocycles. The first-order valence-electron chi connectivity index (χ1n) is 20.3. The smallest absolute Gasteiger partial charge is 0.323 e. The van der Waals surface area contributed by atoms with Crippen LogP contribution in [0.3, 0.4) is 0 Å². The van der Waals surface area contributed by atoms with E-state index in [4.69, 9.17) is 32.6 Å². The van der Waals surface area contributed by atoms with Crippen molar-refractivity contribution >= 4 is 31.1 Å². The van der Waals surface area contributed by atoms with E-state index in [-0.39, 0.29) is 49.6 Å². The van der Waals surface area contributed by atoms with E-state index in [1.54, 1.807) is 6.92 Å². The first kappa shape index (κ1) is 48.5. The number of carbonyl (C=O) groups is 1. The number of unbranched alkanes of at least 4 members (excludes halogenated alkanes) is 17. The minimum absolute atomic E-state index is 0.0105. The first-order chi connectivity index (χ1) is 27.1. The lowest BCUT2D eigenvalue weighted by molar-refractivity contribution is -0.145. The van der Waals surface area contributed by atoms with E-state index in [0.717, 1.165) is 25.3 Å². The van der Waals surface area contributed by atoms with Crippen molar-refractivity contribution < 1.29 is 32.1 Å². The van der Waals surface area contributed by atoms with Crippen molar-refractivity contribution in [3.63, 3.8) is 0 Å². The summed E-state index contributed by atoms with van der Waals surface area (Å²) in [6.07, 6.45) is 36.3. The number of hydrogen-bond donors (Lipinski definition) is 2. The van der Waals surface area contributed by atoms with E-state index < -0.39 is 37.7 Å². The van der Waals surface area contributed by atoms with Gasteiger partial charge in [-0.2, -0.15) is 14.4 Å². The van der Waals surface area contributed by atoms with Crippen LogP contribution in [0.25, 0.3) is 11.2 Å². The number of nitrogens with one attached hydrogen (secondary N) is 1. The van der Waals surface area contributed by atoms with Crippen LogP contribution in [0.1, 0.15) is 142 Å². The Kier molecular flexibility index (Phi) is 24.9. The molecule has 0 aliphatic carbocycles. The second-order valence-electron chi connectivity index (χ2n) is 14.4. The number of aromatic nitrogens is 4. The number of nitrogen functional groups attached to an aromatic ring is 1. The highest BCUT2D eigenvalue weighted by molar-refractivity contribution is 7.36. The van der Waals surface area contributed by atoms with E-state index in [2.05, 4.69) is 38.8 Å². The van der Waals surface area contributed by atoms with E-state index >= 15 is 0 Å². The van der Waals surface area contributed by atoms with Gasteiger partial charge in [0.1, 0.15) is 17.4 Å². The molecule has 14 heteroatoms. The molecule has 2 heterocycles. The summed E-state index contributed by atoms with van der Waals surface area (Å²) < 4.78 is 59.4. The Bertz CT molecular complexity index is 1620. The Morgan fingerprint density at radius 2 is 1.57 bits per heavy atom. The quantitative estimate of drug-likeness (QED) is 0.0183. The van der Waals surface area contributed by atoms with Crippen molar-refractivity contribution in [2.75, 3.05) is 26.1 Å². The molecule has 1 unspecified atom stereocenters. The normalized spacial score (nSPS) is 14.3. The van der Waals surface area contributed by atoms with Crippen molar-refractivity contribution in [3.05, 3.63) is 36.0 Å². The van der Waals surface area contributed by atoms with E-state index in [0.29, 0.717) is 12.0 Å². The van der Waals surface area contributed by atoms with Crippen molar-refractivity contribution in [3.8, 4) is 24.7 Å². The number of ether oxygens (including phenoxy) is 2. The maximum Gasteiger partial charge on any atom is 0.323 e. The third-order valence-electron chi connectivity index (χ3n) is 9.76. The molecule has 0 bridgehead atoms. The number of aryl methyl sites for hydroxylation is 1. The zero-order valence-electron chi connectivity index (χ0n) is 33.9. The van der Waals surface area contributed by atoms with Crippen LogP contribution in [0.15, 0.2) is 29.9 Å². The van der Waals surface area contributed by atoms with Crippen molar-refractivity contribution in [1.29, 1.82) is 0 Å². The Balaban J connectivity index is 1.77. The van der Waals surface area contributed by atoms with Crippen LogP contribution >= 0.6 is 8.18 Å². The summed E-state index contributed by atoms with van der Waals surface area (Å²) in [7, 11) is -1.72. The number of methoxy groups -OCH3 is 1. The Labute approximate surface area is 334 Å². The average molecular weight is 803 g/mol. The van der Waals surface area contributed by atoms with Gasteiger partial charge in [-0.05, 0) is 25.8 Å². The second kappa shape index (κ2) is 28.7. The topological polar surface area (TPSA) is 143 Å². The van der Waals surface area contributed by atoms with E-state index in [1.807, 2.05) is 0 Å². The molecule has 0 spiro atoms. The predicted octanol–water partition coefficient (Wildman–Crippen LogP) is 9.73. The molecule has 11 nitrogen and oxygen atoms in total. The number of nitrogens with two attached hydrogens (primary N) is 1. The van der Waals surface area contributed by atoms with Crippen molar-refractivity contribution in [1.82, 2.24) is 24.6 Å². The lowest BCUT2D eigenvalue weighted by atomic mass is 10.0. The summed E-state index contributed by atoms with van der Waals surface area (Å²) >= 11 is 0. The molecule has 0 fully saturated rings. The van der Waals surface area contributed by atoms with Crippen LogP contribution in [0.5, 0.6) is 0 Å². The highest BCUT2D eigenvalue weighted by Crippen LogP contribution is 2.27. The largest absolute Gasteiger partial charge is 0.465 e. The number of terminal acetylenes is 2. The third kappa shape index (κ3) is 19.5. The third-order valence-corrected chi connectivity index (χ3v) is 10.8. The summed E-state index contributed by atoms with van der Waals surface area (Å²) in [5.74, 6) is 3.28. The second-order valence-corrected chi connectivity index (χ2v) is 15.6. The maximum atomic E-state index is 14.1. The van der Waals surface area contributed by atoms with Gasteiger partial charge in [-0.1, -0.05) is 133 Å². The van der Waals surface area contributed by atoms with Gasteiger partial charge in [0.15, 0.2) is 17.1 Å². The molecule has 3 atom stereocenters. The van der Waals surface area contributed by atoms with Crippen LogP contribution < -0.4 is 10.8 Å². The van der Waals surface area contributed by atoms with Crippen LogP contribution in [0.4, 0.5) is 14.6 Å². The van der Waals surface area contributed by atoms with Gasteiger partial charge < -0.3 is 24.3 Å².